The van der Waals surface area contributed by atoms with Gasteiger partial charge in [-0.1, -0.05) is 31.6 Å². The first-order chi connectivity index (χ1) is 7.11. The summed E-state index contributed by atoms with van der Waals surface area (Å²) in [6.45, 7) is 5.14. The Labute approximate surface area is 90.5 Å². The van der Waals surface area contributed by atoms with Crippen molar-refractivity contribution in [1.29, 1.82) is 0 Å². The first kappa shape index (κ1) is 13.6. The zero-order valence-corrected chi connectivity index (χ0v) is 9.11. The van der Waals surface area contributed by atoms with Crippen molar-refractivity contribution in [3.63, 3.8) is 0 Å². The van der Waals surface area contributed by atoms with Gasteiger partial charge >= 0.3 is 5.97 Å². The van der Waals surface area contributed by atoms with E-state index in [4.69, 9.17) is 5.11 Å². The topological polar surface area (TPSA) is 54.4 Å². The van der Waals surface area contributed by atoms with Crippen LogP contribution in [0.15, 0.2) is 24.3 Å². The molecule has 0 aromatic carbocycles. The number of carbonyl (C=O) groups excluding carboxylic acids is 1. The number of hydrogen-bond donors (Lipinski definition) is 1. The number of hydrogen-bond acceptors (Lipinski definition) is 2. The van der Waals surface area contributed by atoms with Crippen molar-refractivity contribution in [2.45, 2.75) is 32.6 Å². The van der Waals surface area contributed by atoms with Gasteiger partial charge in [0.05, 0.1) is 5.92 Å². The second-order valence-electron chi connectivity index (χ2n) is 3.58. The molecule has 0 amide bonds. The molecular formula is C12H18O3. The molecule has 0 saturated heterocycles. The molecule has 0 bridgehead atoms. The lowest BCUT2D eigenvalue weighted by Gasteiger charge is -1.97. The third-order valence-corrected chi connectivity index (χ3v) is 2.27. The number of aliphatic carboxylic acids is 1. The number of carbonyl (C=O) groups is 2. The smallest absolute Gasteiger partial charge is 0.306 e. The number of carboxylic acid groups (broad SMARTS) is 1. The minimum Gasteiger partial charge on any atom is -0.481 e. The van der Waals surface area contributed by atoms with E-state index in [0.717, 1.165) is 32.0 Å². The predicted octanol–water partition coefficient (Wildman–Crippen LogP) is 2.58. The van der Waals surface area contributed by atoms with Gasteiger partial charge in [0.25, 0.3) is 0 Å². The van der Waals surface area contributed by atoms with Crippen LogP contribution in [0, 0.1) is 5.92 Å². The van der Waals surface area contributed by atoms with E-state index >= 15 is 0 Å². The molecule has 0 radical (unpaired) electrons. The highest BCUT2D eigenvalue weighted by molar-refractivity contribution is 5.72. The van der Waals surface area contributed by atoms with Crippen molar-refractivity contribution >= 4 is 12.3 Å². The maximum absolute atomic E-state index is 10.2. The van der Waals surface area contributed by atoms with E-state index in [1.807, 2.05) is 0 Å². The summed E-state index contributed by atoms with van der Waals surface area (Å²) >= 11 is 0. The van der Waals surface area contributed by atoms with Crippen LogP contribution < -0.4 is 0 Å². The summed E-state index contributed by atoms with van der Waals surface area (Å²) in [5.74, 6) is -0.627. The summed E-state index contributed by atoms with van der Waals surface area (Å²) in [5.41, 5.74) is 0.704. The normalized spacial score (nSPS) is 16.5. The van der Waals surface area contributed by atoms with E-state index in [-0.39, 0.29) is 5.92 Å². The zero-order valence-electron chi connectivity index (χ0n) is 9.11. The van der Waals surface area contributed by atoms with E-state index < -0.39 is 5.97 Å². The maximum atomic E-state index is 10.2. The van der Waals surface area contributed by atoms with Crippen LogP contribution in [-0.2, 0) is 9.59 Å². The van der Waals surface area contributed by atoms with Gasteiger partial charge in [0.15, 0.2) is 0 Å². The standard InChI is InChI=1S/C6H10O2.C6H8O/c7-6(8)5-3-1-2-4-5;1-3-4-6(2)5-7/h5H,1-4H2,(H,7,8);3-5H,1H2,2H3/b;6-4+. The molecule has 3 nitrogen and oxygen atoms in total. The maximum Gasteiger partial charge on any atom is 0.306 e. The van der Waals surface area contributed by atoms with E-state index in [1.54, 1.807) is 19.1 Å². The Morgan fingerprint density at radius 1 is 1.40 bits per heavy atom. The quantitative estimate of drug-likeness (QED) is 0.442. The van der Waals surface area contributed by atoms with Crippen LogP contribution in [0.2, 0.25) is 0 Å². The molecule has 0 atom stereocenters. The minimum absolute atomic E-state index is 0.0185. The molecule has 0 heterocycles. The summed E-state index contributed by atoms with van der Waals surface area (Å²) in [6.07, 6.45) is 8.05. The highest BCUT2D eigenvalue weighted by atomic mass is 16.4. The molecule has 0 aromatic rings. The molecule has 1 fully saturated rings. The molecule has 84 valence electrons. The van der Waals surface area contributed by atoms with E-state index in [2.05, 4.69) is 6.58 Å². The fraction of sp³-hybridized carbons (Fsp3) is 0.500. The third-order valence-electron chi connectivity index (χ3n) is 2.27. The molecule has 0 unspecified atom stereocenters. The molecule has 0 aromatic heterocycles. The van der Waals surface area contributed by atoms with E-state index in [9.17, 15) is 9.59 Å². The molecule has 0 spiro atoms. The van der Waals surface area contributed by atoms with Gasteiger partial charge in [-0.25, -0.2) is 0 Å². The van der Waals surface area contributed by atoms with Crippen molar-refractivity contribution in [3.8, 4) is 0 Å². The Balaban J connectivity index is 0.000000265. The summed E-state index contributed by atoms with van der Waals surface area (Å²) in [4.78, 5) is 20.0. The molecule has 15 heavy (non-hydrogen) atoms. The lowest BCUT2D eigenvalue weighted by Crippen LogP contribution is -2.07. The highest BCUT2D eigenvalue weighted by Crippen LogP contribution is 2.24. The van der Waals surface area contributed by atoms with Gasteiger partial charge in [0.1, 0.15) is 6.29 Å². The molecule has 1 N–H and O–H groups in total. The van der Waals surface area contributed by atoms with Crippen molar-refractivity contribution in [1.82, 2.24) is 0 Å². The Kier molecular flexibility index (Phi) is 7.24. The Bertz CT molecular complexity index is 248. The van der Waals surface area contributed by atoms with Gasteiger partial charge in [-0.3, -0.25) is 9.59 Å². The first-order valence-electron chi connectivity index (χ1n) is 5.09. The van der Waals surface area contributed by atoms with Crippen LogP contribution in [0.25, 0.3) is 0 Å². The third kappa shape index (κ3) is 6.66. The molecule has 1 rings (SSSR count). The number of rotatable bonds is 3. The van der Waals surface area contributed by atoms with Gasteiger partial charge in [-0.2, -0.15) is 0 Å². The van der Waals surface area contributed by atoms with E-state index in [1.165, 1.54) is 0 Å². The predicted molar refractivity (Wildman–Crippen MR) is 59.6 cm³/mol. The largest absolute Gasteiger partial charge is 0.481 e. The Hall–Kier alpha value is -1.38. The first-order valence-corrected chi connectivity index (χ1v) is 5.09. The Morgan fingerprint density at radius 2 is 1.93 bits per heavy atom. The van der Waals surface area contributed by atoms with Gasteiger partial charge in [-0.05, 0) is 25.3 Å². The number of allylic oxidation sites excluding steroid dienone is 3. The van der Waals surface area contributed by atoms with Crippen LogP contribution in [0.1, 0.15) is 32.6 Å². The summed E-state index contributed by atoms with van der Waals surface area (Å²) in [7, 11) is 0. The number of aldehydes is 1. The van der Waals surface area contributed by atoms with Crippen molar-refractivity contribution in [2.75, 3.05) is 0 Å². The lowest BCUT2D eigenvalue weighted by molar-refractivity contribution is -0.141. The van der Waals surface area contributed by atoms with E-state index in [0.29, 0.717) is 5.57 Å². The average molecular weight is 210 g/mol. The molecule has 1 aliphatic carbocycles. The van der Waals surface area contributed by atoms with Gasteiger partial charge < -0.3 is 5.11 Å². The summed E-state index contributed by atoms with van der Waals surface area (Å²) < 4.78 is 0. The second kappa shape index (κ2) is 7.97. The van der Waals surface area contributed by atoms with Crippen LogP contribution >= 0.6 is 0 Å². The zero-order chi connectivity index (χ0) is 11.7. The van der Waals surface area contributed by atoms with Gasteiger partial charge in [0.2, 0.25) is 0 Å². The molecular weight excluding hydrogens is 192 g/mol. The fourth-order valence-electron chi connectivity index (χ4n) is 1.40. The Morgan fingerprint density at radius 3 is 2.13 bits per heavy atom. The molecule has 1 saturated carbocycles. The van der Waals surface area contributed by atoms with Crippen LogP contribution in [0.4, 0.5) is 0 Å². The highest BCUT2D eigenvalue weighted by Gasteiger charge is 2.20. The number of carboxylic acids is 1. The molecule has 3 heteroatoms. The second-order valence-corrected chi connectivity index (χ2v) is 3.58. The average Bonchev–Trinajstić information content (AvgIpc) is 2.72. The van der Waals surface area contributed by atoms with Crippen molar-refractivity contribution < 1.29 is 14.7 Å². The van der Waals surface area contributed by atoms with Crippen molar-refractivity contribution in [3.05, 3.63) is 24.3 Å². The molecule has 1 aliphatic rings. The lowest BCUT2D eigenvalue weighted by atomic mass is 10.1. The fourth-order valence-corrected chi connectivity index (χ4v) is 1.40. The molecule has 0 aliphatic heterocycles. The monoisotopic (exact) mass is 210 g/mol. The van der Waals surface area contributed by atoms with Gasteiger partial charge in [0, 0.05) is 0 Å². The van der Waals surface area contributed by atoms with Crippen LogP contribution in [0.5, 0.6) is 0 Å². The summed E-state index contributed by atoms with van der Waals surface area (Å²) in [6, 6.07) is 0. The summed E-state index contributed by atoms with van der Waals surface area (Å²) in [5, 5.41) is 8.41. The van der Waals surface area contributed by atoms with Crippen LogP contribution in [-0.4, -0.2) is 17.4 Å². The van der Waals surface area contributed by atoms with Crippen LogP contribution in [0.3, 0.4) is 0 Å². The SMILES string of the molecule is C=C/C=C(\C)C=O.O=C(O)C1CCCC1. The van der Waals surface area contributed by atoms with Crippen molar-refractivity contribution in [2.24, 2.45) is 5.92 Å². The van der Waals surface area contributed by atoms with Gasteiger partial charge in [-0.15, -0.1) is 0 Å². The minimum atomic E-state index is -0.609.